The van der Waals surface area contributed by atoms with Crippen molar-refractivity contribution in [1.29, 1.82) is 0 Å². The number of nitrogens with zero attached hydrogens (tertiary/aromatic N) is 1. The molecule has 1 rings (SSSR count). The van der Waals surface area contributed by atoms with E-state index in [9.17, 15) is 9.59 Å². The first kappa shape index (κ1) is 7.64. The van der Waals surface area contributed by atoms with Crippen molar-refractivity contribution in [3.05, 3.63) is 0 Å². The molecule has 0 aromatic rings. The molecule has 11 heavy (non-hydrogen) atoms. The van der Waals surface area contributed by atoms with E-state index in [0.717, 1.165) is 0 Å². The standard InChI is InChI=1S/C5H8N2O4/c6-4(8)11-3-7-1-2-10-5(7)9/h1-3H2,(H2,6,8). The zero-order valence-corrected chi connectivity index (χ0v) is 5.78. The summed E-state index contributed by atoms with van der Waals surface area (Å²) in [5, 5.41) is 0. The quantitative estimate of drug-likeness (QED) is 0.589. The smallest absolute Gasteiger partial charge is 0.412 e. The van der Waals surface area contributed by atoms with Crippen LogP contribution < -0.4 is 5.73 Å². The molecule has 0 radical (unpaired) electrons. The van der Waals surface area contributed by atoms with E-state index in [4.69, 9.17) is 0 Å². The fourth-order valence-electron chi connectivity index (χ4n) is 0.685. The van der Waals surface area contributed by atoms with Crippen LogP contribution in [0.1, 0.15) is 0 Å². The van der Waals surface area contributed by atoms with Crippen molar-refractivity contribution in [2.45, 2.75) is 0 Å². The first-order chi connectivity index (χ1) is 5.20. The normalized spacial score (nSPS) is 16.4. The maximum Gasteiger partial charge on any atom is 0.412 e. The third-order valence-corrected chi connectivity index (χ3v) is 1.21. The second-order valence-corrected chi connectivity index (χ2v) is 1.97. The van der Waals surface area contributed by atoms with Gasteiger partial charge in [-0.1, -0.05) is 0 Å². The lowest BCUT2D eigenvalue weighted by Gasteiger charge is -2.10. The summed E-state index contributed by atoms with van der Waals surface area (Å²) in [4.78, 5) is 22.0. The zero-order chi connectivity index (χ0) is 8.27. The molecule has 62 valence electrons. The minimum absolute atomic E-state index is 0.131. The number of primary amides is 1. The largest absolute Gasteiger partial charge is 0.447 e. The molecule has 1 aliphatic rings. The molecule has 1 heterocycles. The van der Waals surface area contributed by atoms with Gasteiger partial charge < -0.3 is 15.2 Å². The summed E-state index contributed by atoms with van der Waals surface area (Å²) >= 11 is 0. The number of carbonyl (C=O) groups excluding carboxylic acids is 2. The maximum absolute atomic E-state index is 10.7. The lowest BCUT2D eigenvalue weighted by molar-refractivity contribution is 0.0922. The van der Waals surface area contributed by atoms with Gasteiger partial charge in [0, 0.05) is 0 Å². The van der Waals surface area contributed by atoms with Gasteiger partial charge in [0.2, 0.25) is 0 Å². The summed E-state index contributed by atoms with van der Waals surface area (Å²) in [6, 6.07) is 0. The maximum atomic E-state index is 10.7. The molecule has 1 saturated heterocycles. The van der Waals surface area contributed by atoms with Crippen LogP contribution in [0.2, 0.25) is 0 Å². The number of hydrogen-bond donors (Lipinski definition) is 1. The number of hydrogen-bond acceptors (Lipinski definition) is 4. The van der Waals surface area contributed by atoms with Crippen LogP contribution in [0.15, 0.2) is 0 Å². The van der Waals surface area contributed by atoms with Gasteiger partial charge in [-0.2, -0.15) is 0 Å². The van der Waals surface area contributed by atoms with E-state index in [-0.39, 0.29) is 6.73 Å². The number of carbonyl (C=O) groups is 2. The van der Waals surface area contributed by atoms with Crippen molar-refractivity contribution in [2.75, 3.05) is 19.9 Å². The Morgan fingerprint density at radius 1 is 1.82 bits per heavy atom. The van der Waals surface area contributed by atoms with Crippen LogP contribution in [0.25, 0.3) is 0 Å². The number of cyclic esters (lactones) is 1. The first-order valence-electron chi connectivity index (χ1n) is 3.04. The molecule has 0 spiro atoms. The van der Waals surface area contributed by atoms with Gasteiger partial charge in [-0.25, -0.2) is 9.59 Å². The van der Waals surface area contributed by atoms with E-state index in [2.05, 4.69) is 15.2 Å². The van der Waals surface area contributed by atoms with Gasteiger partial charge in [-0.05, 0) is 0 Å². The van der Waals surface area contributed by atoms with Gasteiger partial charge in [-0.15, -0.1) is 0 Å². The Balaban J connectivity index is 2.26. The van der Waals surface area contributed by atoms with Crippen molar-refractivity contribution in [3.63, 3.8) is 0 Å². The molecule has 6 nitrogen and oxygen atoms in total. The highest BCUT2D eigenvalue weighted by Crippen LogP contribution is 2.01. The van der Waals surface area contributed by atoms with Gasteiger partial charge >= 0.3 is 12.2 Å². The number of amides is 2. The monoisotopic (exact) mass is 160 g/mol. The molecular weight excluding hydrogens is 152 g/mol. The number of ether oxygens (including phenoxy) is 2. The summed E-state index contributed by atoms with van der Waals surface area (Å²) in [7, 11) is 0. The zero-order valence-electron chi connectivity index (χ0n) is 5.78. The molecule has 6 heteroatoms. The SMILES string of the molecule is NC(=O)OCN1CCOC1=O. The molecule has 0 bridgehead atoms. The van der Waals surface area contributed by atoms with Crippen LogP contribution in [-0.2, 0) is 9.47 Å². The predicted octanol–water partition coefficient (Wildman–Crippen LogP) is -0.509. The van der Waals surface area contributed by atoms with E-state index >= 15 is 0 Å². The van der Waals surface area contributed by atoms with Crippen molar-refractivity contribution in [1.82, 2.24) is 4.90 Å². The van der Waals surface area contributed by atoms with E-state index in [1.165, 1.54) is 4.90 Å². The summed E-state index contributed by atoms with van der Waals surface area (Å²) < 4.78 is 8.91. The van der Waals surface area contributed by atoms with E-state index in [0.29, 0.717) is 13.2 Å². The van der Waals surface area contributed by atoms with Gasteiger partial charge in [0.1, 0.15) is 6.61 Å². The van der Waals surface area contributed by atoms with Gasteiger partial charge in [0.15, 0.2) is 6.73 Å². The molecule has 0 aromatic carbocycles. The summed E-state index contributed by atoms with van der Waals surface area (Å²) in [6.07, 6.45) is -1.38. The van der Waals surface area contributed by atoms with Crippen LogP contribution in [-0.4, -0.2) is 37.0 Å². The van der Waals surface area contributed by atoms with Crippen LogP contribution in [0.3, 0.4) is 0 Å². The van der Waals surface area contributed by atoms with Crippen molar-refractivity contribution >= 4 is 12.2 Å². The van der Waals surface area contributed by atoms with Crippen LogP contribution in [0, 0.1) is 0 Å². The summed E-state index contributed by atoms with van der Waals surface area (Å²) in [6.45, 7) is 0.640. The van der Waals surface area contributed by atoms with Crippen molar-refractivity contribution in [3.8, 4) is 0 Å². The fraction of sp³-hybridized carbons (Fsp3) is 0.600. The third kappa shape index (κ3) is 1.99. The van der Waals surface area contributed by atoms with Crippen molar-refractivity contribution < 1.29 is 19.1 Å². The third-order valence-electron chi connectivity index (χ3n) is 1.21. The molecule has 0 aromatic heterocycles. The Kier molecular flexibility index (Phi) is 2.15. The Morgan fingerprint density at radius 3 is 3.00 bits per heavy atom. The molecule has 0 saturated carbocycles. The van der Waals surface area contributed by atoms with Gasteiger partial charge in [0.05, 0.1) is 6.54 Å². The van der Waals surface area contributed by atoms with E-state index < -0.39 is 12.2 Å². The molecule has 0 atom stereocenters. The second-order valence-electron chi connectivity index (χ2n) is 1.97. The minimum atomic E-state index is -0.898. The summed E-state index contributed by atoms with van der Waals surface area (Å²) in [5.41, 5.74) is 4.68. The predicted molar refractivity (Wildman–Crippen MR) is 33.6 cm³/mol. The second kappa shape index (κ2) is 3.09. The summed E-state index contributed by atoms with van der Waals surface area (Å²) in [5.74, 6) is 0. The van der Waals surface area contributed by atoms with Gasteiger partial charge in [-0.3, -0.25) is 4.90 Å². The van der Waals surface area contributed by atoms with Crippen LogP contribution in [0.5, 0.6) is 0 Å². The highest BCUT2D eigenvalue weighted by Gasteiger charge is 2.22. The van der Waals surface area contributed by atoms with Crippen molar-refractivity contribution in [2.24, 2.45) is 5.73 Å². The molecule has 0 unspecified atom stereocenters. The lowest BCUT2D eigenvalue weighted by Crippen LogP contribution is -2.30. The van der Waals surface area contributed by atoms with E-state index in [1.54, 1.807) is 0 Å². The highest BCUT2D eigenvalue weighted by atomic mass is 16.6. The number of nitrogens with two attached hydrogens (primary N) is 1. The molecule has 2 amide bonds. The van der Waals surface area contributed by atoms with Gasteiger partial charge in [0.25, 0.3) is 0 Å². The number of rotatable bonds is 2. The average Bonchev–Trinajstić information content (AvgIpc) is 2.31. The topological polar surface area (TPSA) is 81.9 Å². The molecule has 1 aliphatic heterocycles. The van der Waals surface area contributed by atoms with Crippen LogP contribution in [0.4, 0.5) is 9.59 Å². The molecule has 1 fully saturated rings. The highest BCUT2D eigenvalue weighted by molar-refractivity contribution is 5.70. The minimum Gasteiger partial charge on any atom is -0.447 e. The lowest BCUT2D eigenvalue weighted by atomic mass is 10.7. The Labute approximate surface area is 62.8 Å². The van der Waals surface area contributed by atoms with E-state index in [1.807, 2.05) is 0 Å². The Bertz CT molecular complexity index is 181. The molecule has 2 N–H and O–H groups in total. The molecular formula is C5H8N2O4. The van der Waals surface area contributed by atoms with Crippen LogP contribution >= 0.6 is 0 Å². The Morgan fingerprint density at radius 2 is 2.55 bits per heavy atom. The first-order valence-corrected chi connectivity index (χ1v) is 3.04. The fourth-order valence-corrected chi connectivity index (χ4v) is 0.685. The Hall–Kier alpha value is -1.46. The average molecular weight is 160 g/mol. The molecule has 0 aliphatic carbocycles.